The molecule has 8 heteroatoms. The first-order valence-electron chi connectivity index (χ1n) is 7.56. The Bertz CT molecular complexity index is 921. The zero-order valence-electron chi connectivity index (χ0n) is 13.1. The van der Waals surface area contributed by atoms with Crippen LogP contribution >= 0.6 is 22.9 Å². The van der Waals surface area contributed by atoms with Crippen LogP contribution in [0.15, 0.2) is 45.7 Å². The number of rotatable bonds is 3. The fourth-order valence-corrected chi connectivity index (χ4v) is 5.91. The number of aryl methyl sites for hydroxylation is 1. The second-order valence-corrected chi connectivity index (χ2v) is 9.44. The predicted molar refractivity (Wildman–Crippen MR) is 93.7 cm³/mol. The van der Waals surface area contributed by atoms with Crippen molar-refractivity contribution >= 4 is 38.7 Å². The van der Waals surface area contributed by atoms with Gasteiger partial charge in [-0.05, 0) is 37.1 Å². The summed E-state index contributed by atoms with van der Waals surface area (Å²) in [6, 6.07) is 5.96. The van der Waals surface area contributed by atoms with Crippen LogP contribution in [0.4, 0.5) is 0 Å². The Morgan fingerprint density at radius 1 is 1.25 bits per heavy atom. The Morgan fingerprint density at radius 3 is 2.42 bits per heavy atom. The number of sulfone groups is 1. The van der Waals surface area contributed by atoms with Gasteiger partial charge in [0.15, 0.2) is 19.4 Å². The molecule has 2 aromatic rings. The molecule has 0 unspecified atom stereocenters. The maximum Gasteiger partial charge on any atom is 0.270 e. The lowest BCUT2D eigenvalue weighted by molar-refractivity contribution is -0.120. The molecule has 3 rings (SSSR count). The van der Waals surface area contributed by atoms with Crippen molar-refractivity contribution < 1.29 is 13.2 Å². The van der Waals surface area contributed by atoms with E-state index in [1.54, 1.807) is 23.2 Å². The predicted octanol–water partition coefficient (Wildman–Crippen LogP) is 2.95. The largest absolute Gasteiger partial charge is 0.327 e. The van der Waals surface area contributed by atoms with Gasteiger partial charge in [0.25, 0.3) is 5.91 Å². The molecule has 24 heavy (non-hydrogen) atoms. The molecule has 5 nitrogen and oxygen atoms in total. The molecule has 1 aliphatic rings. The maximum absolute atomic E-state index is 13.2. The molecule has 1 saturated carbocycles. The van der Waals surface area contributed by atoms with Crippen molar-refractivity contribution in [2.45, 2.75) is 35.3 Å². The molecule has 0 radical (unpaired) electrons. The fraction of sp³-hybridized carbons (Fsp3) is 0.375. The summed E-state index contributed by atoms with van der Waals surface area (Å²) in [7, 11) is -2.06. The number of halogens is 1. The molecule has 0 N–H and O–H groups in total. The van der Waals surface area contributed by atoms with Crippen molar-refractivity contribution in [1.29, 1.82) is 0 Å². The van der Waals surface area contributed by atoms with Crippen LogP contribution in [0.3, 0.4) is 0 Å². The highest BCUT2D eigenvalue weighted by atomic mass is 35.5. The highest BCUT2D eigenvalue weighted by Crippen LogP contribution is 2.41. The van der Waals surface area contributed by atoms with Gasteiger partial charge in [0.1, 0.15) is 0 Å². The van der Waals surface area contributed by atoms with E-state index in [4.69, 9.17) is 11.6 Å². The third-order valence-electron chi connectivity index (χ3n) is 4.40. The van der Waals surface area contributed by atoms with Crippen LogP contribution in [0.2, 0.25) is 5.02 Å². The van der Waals surface area contributed by atoms with Crippen LogP contribution in [0.5, 0.6) is 0 Å². The topological polar surface area (TPSA) is 68.5 Å². The zero-order chi connectivity index (χ0) is 17.4. The van der Waals surface area contributed by atoms with Gasteiger partial charge in [-0.15, -0.1) is 11.3 Å². The van der Waals surface area contributed by atoms with Crippen LogP contribution in [-0.2, 0) is 21.7 Å². The molecule has 0 saturated heterocycles. The van der Waals surface area contributed by atoms with Gasteiger partial charge in [0, 0.05) is 23.6 Å². The van der Waals surface area contributed by atoms with Crippen LogP contribution < -0.4 is 4.80 Å². The highest BCUT2D eigenvalue weighted by molar-refractivity contribution is 7.93. The van der Waals surface area contributed by atoms with E-state index >= 15 is 0 Å². The van der Waals surface area contributed by atoms with Crippen molar-refractivity contribution in [3.05, 3.63) is 45.7 Å². The smallest absolute Gasteiger partial charge is 0.270 e. The molecule has 128 valence electrons. The first kappa shape index (κ1) is 17.4. The summed E-state index contributed by atoms with van der Waals surface area (Å²) in [5, 5.41) is 2.26. The summed E-state index contributed by atoms with van der Waals surface area (Å²) in [6.07, 6.45) is 3.78. The quantitative estimate of drug-likeness (QED) is 0.816. The summed E-state index contributed by atoms with van der Waals surface area (Å²) < 4.78 is 26.6. The van der Waals surface area contributed by atoms with Crippen LogP contribution in [0.1, 0.15) is 25.7 Å². The van der Waals surface area contributed by atoms with Gasteiger partial charge in [-0.3, -0.25) is 4.79 Å². The first-order chi connectivity index (χ1) is 11.4. The molecule has 1 heterocycles. The average Bonchev–Trinajstić information content (AvgIpc) is 3.18. The minimum absolute atomic E-state index is 0.118. The molecule has 0 aliphatic heterocycles. The van der Waals surface area contributed by atoms with E-state index in [9.17, 15) is 13.2 Å². The molecule has 1 aromatic carbocycles. The lowest BCUT2D eigenvalue weighted by Gasteiger charge is -2.25. The third kappa shape index (κ3) is 2.85. The van der Waals surface area contributed by atoms with Gasteiger partial charge in [-0.2, -0.15) is 4.99 Å². The number of hydrogen-bond acceptors (Lipinski definition) is 4. The Labute approximate surface area is 149 Å². The molecular weight excluding hydrogens is 368 g/mol. The number of thiazole rings is 1. The van der Waals surface area contributed by atoms with Crippen LogP contribution in [0, 0.1) is 0 Å². The Balaban J connectivity index is 2.10. The summed E-state index contributed by atoms with van der Waals surface area (Å²) in [6.45, 7) is 0. The lowest BCUT2D eigenvalue weighted by atomic mass is 10.1. The van der Waals surface area contributed by atoms with Crippen molar-refractivity contribution in [1.82, 2.24) is 4.57 Å². The van der Waals surface area contributed by atoms with E-state index in [1.807, 2.05) is 0 Å². The standard InChI is InChI=1S/C16H17ClN2O3S2/c1-19-10-11-23-15(19)18-14(20)16(8-2-3-9-16)24(21,22)13-6-4-12(17)5-7-13/h4-7,10-11H,2-3,8-9H2,1H3. The molecule has 0 spiro atoms. The number of carbonyl (C=O) groups is 1. The van der Waals surface area contributed by atoms with E-state index in [0.717, 1.165) is 0 Å². The number of carbonyl (C=O) groups excluding carboxylic acids is 1. The minimum Gasteiger partial charge on any atom is -0.327 e. The second kappa shape index (κ2) is 6.46. The number of hydrogen-bond donors (Lipinski definition) is 0. The van der Waals surface area contributed by atoms with Crippen molar-refractivity contribution in [2.24, 2.45) is 12.0 Å². The van der Waals surface area contributed by atoms with Gasteiger partial charge < -0.3 is 4.57 Å². The van der Waals surface area contributed by atoms with Gasteiger partial charge in [-0.25, -0.2) is 8.42 Å². The summed E-state index contributed by atoms with van der Waals surface area (Å²) >= 11 is 7.16. The van der Waals surface area contributed by atoms with E-state index in [2.05, 4.69) is 4.99 Å². The summed E-state index contributed by atoms with van der Waals surface area (Å²) in [5.74, 6) is -0.576. The van der Waals surface area contributed by atoms with Crippen molar-refractivity contribution in [3.63, 3.8) is 0 Å². The van der Waals surface area contributed by atoms with Gasteiger partial charge in [-0.1, -0.05) is 24.4 Å². The monoisotopic (exact) mass is 384 g/mol. The highest BCUT2D eigenvalue weighted by Gasteiger charge is 2.53. The zero-order valence-corrected chi connectivity index (χ0v) is 15.5. The normalized spacial score (nSPS) is 18.0. The average molecular weight is 385 g/mol. The lowest BCUT2D eigenvalue weighted by Crippen LogP contribution is -2.44. The Morgan fingerprint density at radius 2 is 1.88 bits per heavy atom. The molecule has 1 aliphatic carbocycles. The maximum atomic E-state index is 13.2. The minimum atomic E-state index is -3.84. The fourth-order valence-electron chi connectivity index (χ4n) is 3.01. The molecule has 0 atom stereocenters. The van der Waals surface area contributed by atoms with E-state index in [-0.39, 0.29) is 4.90 Å². The molecule has 1 fully saturated rings. The molecule has 1 aromatic heterocycles. The first-order valence-corrected chi connectivity index (χ1v) is 10.3. The SMILES string of the molecule is Cn1ccsc1=NC(=O)C1(S(=O)(=O)c2ccc(Cl)cc2)CCCC1. The van der Waals surface area contributed by atoms with Gasteiger partial charge in [0.05, 0.1) is 4.90 Å². The number of nitrogens with zero attached hydrogens (tertiary/aromatic N) is 2. The Kier molecular flexibility index (Phi) is 4.68. The number of benzene rings is 1. The van der Waals surface area contributed by atoms with E-state index in [1.165, 1.54) is 35.6 Å². The van der Waals surface area contributed by atoms with Crippen molar-refractivity contribution in [2.75, 3.05) is 0 Å². The summed E-state index contributed by atoms with van der Waals surface area (Å²) in [4.78, 5) is 17.6. The van der Waals surface area contributed by atoms with Gasteiger partial charge in [0.2, 0.25) is 0 Å². The van der Waals surface area contributed by atoms with E-state index in [0.29, 0.717) is 35.5 Å². The van der Waals surface area contributed by atoms with Gasteiger partial charge >= 0.3 is 0 Å². The summed E-state index contributed by atoms with van der Waals surface area (Å²) in [5.41, 5.74) is 0. The van der Waals surface area contributed by atoms with E-state index < -0.39 is 20.5 Å². The van der Waals surface area contributed by atoms with Crippen molar-refractivity contribution in [3.8, 4) is 0 Å². The van der Waals surface area contributed by atoms with Crippen LogP contribution in [-0.4, -0.2) is 23.6 Å². The number of amides is 1. The molecule has 0 bridgehead atoms. The van der Waals surface area contributed by atoms with Crippen LogP contribution in [0.25, 0.3) is 0 Å². The Hall–Kier alpha value is -1.44. The molecular formula is C16H17ClN2O3S2. The second-order valence-electron chi connectivity index (χ2n) is 5.87. The number of aromatic nitrogens is 1. The molecule has 1 amide bonds. The third-order valence-corrected chi connectivity index (χ3v) is 8.00.